The molecule has 0 spiro atoms. The predicted octanol–water partition coefficient (Wildman–Crippen LogP) is 2.38. The molecule has 2 rings (SSSR count). The van der Waals surface area contributed by atoms with E-state index < -0.39 is 0 Å². The number of likely N-dealkylation sites (tertiary alicyclic amines) is 1. The smallest absolute Gasteiger partial charge is 0.0108 e. The monoisotopic (exact) mass is 210 g/mol. The van der Waals surface area contributed by atoms with Gasteiger partial charge in [-0.2, -0.15) is 0 Å². The molecule has 1 atom stereocenters. The van der Waals surface area contributed by atoms with Gasteiger partial charge in [0.2, 0.25) is 0 Å². The molecule has 0 amide bonds. The lowest BCUT2D eigenvalue weighted by Gasteiger charge is -2.29. The Morgan fingerprint density at radius 1 is 1.00 bits per heavy atom. The summed E-state index contributed by atoms with van der Waals surface area (Å²) < 4.78 is 0. The molecule has 88 valence electrons. The van der Waals surface area contributed by atoms with Gasteiger partial charge in [-0.25, -0.2) is 0 Å². The summed E-state index contributed by atoms with van der Waals surface area (Å²) in [6.07, 6.45) is 11.7. The van der Waals surface area contributed by atoms with Gasteiger partial charge in [0.25, 0.3) is 0 Å². The summed E-state index contributed by atoms with van der Waals surface area (Å²) in [5.41, 5.74) is 5.66. The van der Waals surface area contributed by atoms with Gasteiger partial charge in [0.05, 0.1) is 0 Å². The summed E-state index contributed by atoms with van der Waals surface area (Å²) in [5, 5.41) is 0. The van der Waals surface area contributed by atoms with Crippen molar-refractivity contribution in [1.29, 1.82) is 0 Å². The van der Waals surface area contributed by atoms with Crippen molar-refractivity contribution in [3.63, 3.8) is 0 Å². The van der Waals surface area contributed by atoms with Crippen LogP contribution in [0.2, 0.25) is 0 Å². The molecule has 0 radical (unpaired) electrons. The number of nitrogens with two attached hydrogens (primary N) is 1. The third-order valence-electron chi connectivity index (χ3n) is 4.25. The van der Waals surface area contributed by atoms with E-state index in [2.05, 4.69) is 4.90 Å². The van der Waals surface area contributed by atoms with Crippen molar-refractivity contribution < 1.29 is 0 Å². The van der Waals surface area contributed by atoms with Crippen molar-refractivity contribution in [3.05, 3.63) is 0 Å². The lowest BCUT2D eigenvalue weighted by atomic mass is 9.84. The van der Waals surface area contributed by atoms with Crippen LogP contribution in [0.5, 0.6) is 0 Å². The Morgan fingerprint density at radius 3 is 2.53 bits per heavy atom. The van der Waals surface area contributed by atoms with E-state index in [-0.39, 0.29) is 0 Å². The number of nitrogens with zero attached hydrogens (tertiary/aromatic N) is 1. The standard InChI is InChI=1S/C13H26N2/c14-8-10-15-9-4-7-13(15)11-12-5-2-1-3-6-12/h12-13H,1-11,14H2. The zero-order chi connectivity index (χ0) is 10.5. The fourth-order valence-corrected chi connectivity index (χ4v) is 3.43. The van der Waals surface area contributed by atoms with E-state index in [4.69, 9.17) is 5.73 Å². The number of hydrogen-bond acceptors (Lipinski definition) is 2. The highest BCUT2D eigenvalue weighted by Gasteiger charge is 2.26. The van der Waals surface area contributed by atoms with E-state index in [1.807, 2.05) is 0 Å². The fraction of sp³-hybridized carbons (Fsp3) is 1.00. The molecule has 1 unspecified atom stereocenters. The Labute approximate surface area is 94.2 Å². The average molecular weight is 210 g/mol. The Kier molecular flexibility index (Phi) is 4.45. The third-order valence-corrected chi connectivity index (χ3v) is 4.25. The molecule has 2 heteroatoms. The van der Waals surface area contributed by atoms with Crippen molar-refractivity contribution in [2.45, 2.75) is 57.4 Å². The topological polar surface area (TPSA) is 29.3 Å². The molecule has 15 heavy (non-hydrogen) atoms. The molecule has 1 aliphatic carbocycles. The van der Waals surface area contributed by atoms with E-state index in [0.717, 1.165) is 25.0 Å². The molecule has 1 aliphatic heterocycles. The van der Waals surface area contributed by atoms with Gasteiger partial charge >= 0.3 is 0 Å². The summed E-state index contributed by atoms with van der Waals surface area (Å²) >= 11 is 0. The second-order valence-corrected chi connectivity index (χ2v) is 5.36. The third kappa shape index (κ3) is 3.18. The van der Waals surface area contributed by atoms with E-state index in [9.17, 15) is 0 Å². The van der Waals surface area contributed by atoms with Crippen LogP contribution in [0.4, 0.5) is 0 Å². The van der Waals surface area contributed by atoms with Gasteiger partial charge < -0.3 is 5.73 Å². The molecule has 0 aromatic heterocycles. The molecule has 2 N–H and O–H groups in total. The number of hydrogen-bond donors (Lipinski definition) is 1. The van der Waals surface area contributed by atoms with Gasteiger partial charge in [0.15, 0.2) is 0 Å². The van der Waals surface area contributed by atoms with Crippen LogP contribution in [0.3, 0.4) is 0 Å². The van der Waals surface area contributed by atoms with Crippen LogP contribution in [-0.2, 0) is 0 Å². The molecule has 1 saturated carbocycles. The lowest BCUT2D eigenvalue weighted by molar-refractivity contribution is 0.203. The van der Waals surface area contributed by atoms with E-state index >= 15 is 0 Å². The van der Waals surface area contributed by atoms with Crippen LogP contribution in [-0.4, -0.2) is 30.6 Å². The second-order valence-electron chi connectivity index (χ2n) is 5.36. The Balaban J connectivity index is 1.76. The predicted molar refractivity (Wildman–Crippen MR) is 64.8 cm³/mol. The van der Waals surface area contributed by atoms with E-state index in [0.29, 0.717) is 0 Å². The van der Waals surface area contributed by atoms with Crippen LogP contribution in [0.25, 0.3) is 0 Å². The van der Waals surface area contributed by atoms with Crippen LogP contribution in [0.15, 0.2) is 0 Å². The van der Waals surface area contributed by atoms with Crippen LogP contribution < -0.4 is 5.73 Å². The lowest BCUT2D eigenvalue weighted by Crippen LogP contribution is -2.35. The first kappa shape index (κ1) is 11.4. The quantitative estimate of drug-likeness (QED) is 0.772. The minimum absolute atomic E-state index is 0.834. The fourth-order valence-electron chi connectivity index (χ4n) is 3.43. The molecule has 1 saturated heterocycles. The first-order chi connectivity index (χ1) is 7.40. The van der Waals surface area contributed by atoms with Crippen molar-refractivity contribution in [3.8, 4) is 0 Å². The molecule has 0 aromatic rings. The second kappa shape index (κ2) is 5.86. The van der Waals surface area contributed by atoms with Crippen LogP contribution >= 0.6 is 0 Å². The summed E-state index contributed by atoms with van der Waals surface area (Å²) in [6, 6.07) is 0.872. The van der Waals surface area contributed by atoms with Gasteiger partial charge in [0, 0.05) is 19.1 Å². The summed E-state index contributed by atoms with van der Waals surface area (Å²) in [7, 11) is 0. The van der Waals surface area contributed by atoms with Gasteiger partial charge in [-0.15, -0.1) is 0 Å². The molecule has 2 fully saturated rings. The van der Waals surface area contributed by atoms with Gasteiger partial charge in [-0.1, -0.05) is 32.1 Å². The average Bonchev–Trinajstić information content (AvgIpc) is 2.68. The van der Waals surface area contributed by atoms with Gasteiger partial charge in [0.1, 0.15) is 0 Å². The highest BCUT2D eigenvalue weighted by molar-refractivity contribution is 4.82. The molecular weight excluding hydrogens is 184 g/mol. The maximum Gasteiger partial charge on any atom is 0.0108 e. The summed E-state index contributed by atoms with van der Waals surface area (Å²) in [6.45, 7) is 3.26. The maximum absolute atomic E-state index is 5.66. The van der Waals surface area contributed by atoms with Gasteiger partial charge in [-0.05, 0) is 31.7 Å². The summed E-state index contributed by atoms with van der Waals surface area (Å²) in [4.78, 5) is 2.63. The van der Waals surface area contributed by atoms with Crippen molar-refractivity contribution >= 4 is 0 Å². The van der Waals surface area contributed by atoms with E-state index in [1.54, 1.807) is 0 Å². The molecule has 0 bridgehead atoms. The minimum Gasteiger partial charge on any atom is -0.329 e. The molecule has 2 aliphatic rings. The largest absolute Gasteiger partial charge is 0.329 e. The highest BCUT2D eigenvalue weighted by Crippen LogP contribution is 2.31. The van der Waals surface area contributed by atoms with Crippen molar-refractivity contribution in [2.75, 3.05) is 19.6 Å². The van der Waals surface area contributed by atoms with E-state index in [1.165, 1.54) is 57.9 Å². The normalized spacial score (nSPS) is 29.8. The highest BCUT2D eigenvalue weighted by atomic mass is 15.2. The molecule has 2 nitrogen and oxygen atoms in total. The van der Waals surface area contributed by atoms with Crippen molar-refractivity contribution in [1.82, 2.24) is 4.90 Å². The molecular formula is C13H26N2. The first-order valence-corrected chi connectivity index (χ1v) is 6.84. The van der Waals surface area contributed by atoms with Gasteiger partial charge in [-0.3, -0.25) is 4.90 Å². The zero-order valence-corrected chi connectivity index (χ0v) is 9.96. The molecule has 0 aromatic carbocycles. The van der Waals surface area contributed by atoms with Crippen LogP contribution in [0.1, 0.15) is 51.4 Å². The van der Waals surface area contributed by atoms with Crippen LogP contribution in [0, 0.1) is 5.92 Å². The maximum atomic E-state index is 5.66. The van der Waals surface area contributed by atoms with Crippen molar-refractivity contribution in [2.24, 2.45) is 11.7 Å². The Hall–Kier alpha value is -0.0800. The minimum atomic E-state index is 0.834. The Morgan fingerprint density at radius 2 is 1.80 bits per heavy atom. The SMILES string of the molecule is NCCN1CCCC1CC1CCCCC1. The number of rotatable bonds is 4. The first-order valence-electron chi connectivity index (χ1n) is 6.84. The Bertz CT molecular complexity index is 175. The molecule has 1 heterocycles. The zero-order valence-electron chi connectivity index (χ0n) is 9.96. The summed E-state index contributed by atoms with van der Waals surface area (Å²) in [5.74, 6) is 1.03.